The van der Waals surface area contributed by atoms with Crippen LogP contribution < -0.4 is 4.72 Å². The highest BCUT2D eigenvalue weighted by molar-refractivity contribution is 7.89. The Kier molecular flexibility index (Phi) is 4.34. The molecule has 1 heterocycles. The first-order chi connectivity index (χ1) is 10.5. The summed E-state index contributed by atoms with van der Waals surface area (Å²) in [5, 5.41) is 3.08. The molecule has 0 saturated heterocycles. The molecule has 1 aromatic heterocycles. The van der Waals surface area contributed by atoms with E-state index in [0.717, 1.165) is 16.3 Å². The van der Waals surface area contributed by atoms with Crippen molar-refractivity contribution < 1.29 is 8.42 Å². The molecular formula is C16H20N2O2S2. The third-order valence-electron chi connectivity index (χ3n) is 3.80. The first-order valence-corrected chi connectivity index (χ1v) is 9.86. The molecule has 1 aliphatic rings. The molecule has 0 bridgehead atoms. The van der Waals surface area contributed by atoms with Gasteiger partial charge >= 0.3 is 0 Å². The average Bonchev–Trinajstić information content (AvgIpc) is 3.24. The molecule has 0 spiro atoms. The molecule has 0 radical (unpaired) electrons. The monoisotopic (exact) mass is 336 g/mol. The summed E-state index contributed by atoms with van der Waals surface area (Å²) in [6.07, 6.45) is 2.42. The average molecular weight is 336 g/mol. The Hall–Kier alpha value is -1.24. The van der Waals surface area contributed by atoms with Gasteiger partial charge < -0.3 is 0 Å². The van der Waals surface area contributed by atoms with E-state index in [9.17, 15) is 8.42 Å². The fourth-order valence-corrected chi connectivity index (χ4v) is 4.20. The van der Waals surface area contributed by atoms with Crippen LogP contribution in [0, 0.1) is 0 Å². The maximum atomic E-state index is 12.3. The summed E-state index contributed by atoms with van der Waals surface area (Å²) in [7, 11) is -3.48. The second-order valence-electron chi connectivity index (χ2n) is 6.00. The number of hydrogen-bond donors (Lipinski definition) is 1. The molecule has 1 fully saturated rings. The summed E-state index contributed by atoms with van der Waals surface area (Å²) < 4.78 is 27.2. The van der Waals surface area contributed by atoms with Crippen LogP contribution in [0.2, 0.25) is 0 Å². The maximum Gasteiger partial charge on any atom is 0.240 e. The van der Waals surface area contributed by atoms with Crippen LogP contribution in [0.25, 0.3) is 0 Å². The first-order valence-electron chi connectivity index (χ1n) is 7.49. The molecule has 1 aromatic carbocycles. The minimum Gasteiger partial charge on any atom is -0.245 e. The Bertz CT molecular complexity index is 745. The number of aromatic nitrogens is 1. The van der Waals surface area contributed by atoms with E-state index in [2.05, 4.69) is 23.6 Å². The van der Waals surface area contributed by atoms with E-state index < -0.39 is 10.0 Å². The van der Waals surface area contributed by atoms with Crippen molar-refractivity contribution in [1.82, 2.24) is 9.71 Å². The summed E-state index contributed by atoms with van der Waals surface area (Å²) in [6.45, 7) is 4.42. The van der Waals surface area contributed by atoms with Crippen LogP contribution >= 0.6 is 11.3 Å². The molecule has 0 aliphatic heterocycles. The normalized spacial score (nSPS) is 15.4. The van der Waals surface area contributed by atoms with Crippen LogP contribution in [0.4, 0.5) is 0 Å². The topological polar surface area (TPSA) is 59.1 Å². The summed E-state index contributed by atoms with van der Waals surface area (Å²) in [5.41, 5.74) is 1.93. The number of sulfonamides is 1. The van der Waals surface area contributed by atoms with Crippen LogP contribution in [-0.4, -0.2) is 13.4 Å². The summed E-state index contributed by atoms with van der Waals surface area (Å²) >= 11 is 1.63. The predicted molar refractivity (Wildman–Crippen MR) is 88.6 cm³/mol. The van der Waals surface area contributed by atoms with Gasteiger partial charge in [0.25, 0.3) is 0 Å². The van der Waals surface area contributed by atoms with Gasteiger partial charge in [0, 0.05) is 11.3 Å². The molecule has 1 saturated carbocycles. The molecular weight excluding hydrogens is 316 g/mol. The van der Waals surface area contributed by atoms with E-state index >= 15 is 0 Å². The third kappa shape index (κ3) is 3.56. The van der Waals surface area contributed by atoms with Crippen molar-refractivity contribution in [3.63, 3.8) is 0 Å². The molecule has 1 N–H and O–H groups in total. The zero-order chi connectivity index (χ0) is 15.7. The van der Waals surface area contributed by atoms with E-state index in [1.165, 1.54) is 12.8 Å². The highest BCUT2D eigenvalue weighted by Crippen LogP contribution is 2.41. The van der Waals surface area contributed by atoms with E-state index in [1.807, 2.05) is 17.5 Å². The fraction of sp³-hybridized carbons (Fsp3) is 0.438. The smallest absolute Gasteiger partial charge is 0.240 e. The molecule has 22 heavy (non-hydrogen) atoms. The van der Waals surface area contributed by atoms with Crippen molar-refractivity contribution in [3.05, 3.63) is 45.9 Å². The van der Waals surface area contributed by atoms with Crippen LogP contribution in [0.5, 0.6) is 0 Å². The SMILES string of the molecule is CC(C)c1ccc(S(=O)(=O)NCc2csc(C3CC3)n2)cc1. The lowest BCUT2D eigenvalue weighted by Gasteiger charge is -2.08. The lowest BCUT2D eigenvalue weighted by molar-refractivity contribution is 0.580. The second-order valence-corrected chi connectivity index (χ2v) is 8.66. The highest BCUT2D eigenvalue weighted by Gasteiger charge is 2.26. The maximum absolute atomic E-state index is 12.3. The molecule has 0 atom stereocenters. The Morgan fingerprint density at radius 3 is 2.55 bits per heavy atom. The predicted octanol–water partition coefficient (Wildman–Crippen LogP) is 3.62. The van der Waals surface area contributed by atoms with Gasteiger partial charge in [0.05, 0.1) is 22.1 Å². The van der Waals surface area contributed by atoms with Crippen molar-refractivity contribution in [2.75, 3.05) is 0 Å². The third-order valence-corrected chi connectivity index (χ3v) is 6.27. The summed E-state index contributed by atoms with van der Waals surface area (Å²) in [4.78, 5) is 4.80. The molecule has 1 aliphatic carbocycles. The standard InChI is InChI=1S/C16H20N2O2S2/c1-11(2)12-5-7-15(8-6-12)22(19,20)17-9-14-10-21-16(18-14)13-3-4-13/h5-8,10-11,13,17H,3-4,9H2,1-2H3. The highest BCUT2D eigenvalue weighted by atomic mass is 32.2. The number of thiazole rings is 1. The quantitative estimate of drug-likeness (QED) is 0.876. The van der Waals surface area contributed by atoms with Crippen LogP contribution in [0.3, 0.4) is 0 Å². The van der Waals surface area contributed by atoms with Crippen LogP contribution in [0.15, 0.2) is 34.5 Å². The van der Waals surface area contributed by atoms with Crippen molar-refractivity contribution in [2.24, 2.45) is 0 Å². The summed E-state index contributed by atoms with van der Waals surface area (Å²) in [5.74, 6) is 1.000. The number of benzene rings is 1. The number of nitrogens with zero attached hydrogens (tertiary/aromatic N) is 1. The van der Waals surface area contributed by atoms with E-state index in [4.69, 9.17) is 0 Å². The van der Waals surface area contributed by atoms with E-state index in [0.29, 0.717) is 16.7 Å². The number of nitrogens with one attached hydrogen (secondary N) is 1. The molecule has 4 nitrogen and oxygen atoms in total. The molecule has 118 valence electrons. The molecule has 0 unspecified atom stereocenters. The first kappa shape index (κ1) is 15.6. The van der Waals surface area contributed by atoms with Gasteiger partial charge in [0.1, 0.15) is 0 Å². The van der Waals surface area contributed by atoms with Crippen molar-refractivity contribution >= 4 is 21.4 Å². The molecule has 3 rings (SSSR count). The number of rotatable bonds is 6. The number of hydrogen-bond acceptors (Lipinski definition) is 4. The van der Waals surface area contributed by atoms with Gasteiger partial charge in [-0.1, -0.05) is 26.0 Å². The minimum absolute atomic E-state index is 0.248. The largest absolute Gasteiger partial charge is 0.245 e. The Labute approximate surface area is 135 Å². The molecule has 6 heteroatoms. The second kappa shape index (κ2) is 6.10. The molecule has 0 amide bonds. The van der Waals surface area contributed by atoms with E-state index in [1.54, 1.807) is 23.5 Å². The van der Waals surface area contributed by atoms with Gasteiger partial charge in [-0.2, -0.15) is 0 Å². The fourth-order valence-electron chi connectivity index (χ4n) is 2.21. The van der Waals surface area contributed by atoms with Gasteiger partial charge in [-0.3, -0.25) is 0 Å². The van der Waals surface area contributed by atoms with Gasteiger partial charge in [-0.25, -0.2) is 18.1 Å². The minimum atomic E-state index is -3.48. The lowest BCUT2D eigenvalue weighted by atomic mass is 10.0. The Balaban J connectivity index is 1.66. The zero-order valence-corrected chi connectivity index (χ0v) is 14.4. The van der Waals surface area contributed by atoms with E-state index in [-0.39, 0.29) is 6.54 Å². The van der Waals surface area contributed by atoms with Crippen molar-refractivity contribution in [2.45, 2.75) is 50.0 Å². The lowest BCUT2D eigenvalue weighted by Crippen LogP contribution is -2.23. The zero-order valence-electron chi connectivity index (χ0n) is 12.7. The molecule has 2 aromatic rings. The summed E-state index contributed by atoms with van der Waals surface area (Å²) in [6, 6.07) is 7.06. The Morgan fingerprint density at radius 2 is 1.95 bits per heavy atom. The van der Waals surface area contributed by atoms with Crippen LogP contribution in [-0.2, 0) is 16.6 Å². The van der Waals surface area contributed by atoms with Crippen LogP contribution in [0.1, 0.15) is 54.8 Å². The van der Waals surface area contributed by atoms with Gasteiger partial charge in [-0.05, 0) is 36.5 Å². The van der Waals surface area contributed by atoms with Crippen molar-refractivity contribution in [3.8, 4) is 0 Å². The van der Waals surface area contributed by atoms with Gasteiger partial charge in [-0.15, -0.1) is 11.3 Å². The van der Waals surface area contributed by atoms with Gasteiger partial charge in [0.15, 0.2) is 0 Å². The Morgan fingerprint density at radius 1 is 1.27 bits per heavy atom. The van der Waals surface area contributed by atoms with Gasteiger partial charge in [0.2, 0.25) is 10.0 Å². The van der Waals surface area contributed by atoms with Crippen molar-refractivity contribution in [1.29, 1.82) is 0 Å².